The maximum Gasteiger partial charge on any atom is 0.137 e. The maximum atomic E-state index is 13.1. The van der Waals surface area contributed by atoms with Crippen molar-refractivity contribution in [1.29, 1.82) is 0 Å². The summed E-state index contributed by atoms with van der Waals surface area (Å²) in [6, 6.07) is 0. The molecule has 4 fully saturated rings. The van der Waals surface area contributed by atoms with Crippen molar-refractivity contribution in [1.82, 2.24) is 0 Å². The van der Waals surface area contributed by atoms with Crippen LogP contribution in [0, 0.1) is 34.0 Å². The molecule has 5 nitrogen and oxygen atoms in total. The Balaban J connectivity index is 1.81. The summed E-state index contributed by atoms with van der Waals surface area (Å²) in [7, 11) is 0. The van der Waals surface area contributed by atoms with Crippen LogP contribution in [-0.2, 0) is 9.59 Å². The van der Waals surface area contributed by atoms with E-state index in [-0.39, 0.29) is 35.1 Å². The van der Waals surface area contributed by atoms with E-state index >= 15 is 0 Å². The molecule has 0 heterocycles. The molecule has 0 saturated heterocycles. The number of aliphatic hydroxyl groups excluding tert-OH is 2. The molecule has 5 heteroatoms. The van der Waals surface area contributed by atoms with E-state index in [1.165, 1.54) is 0 Å². The zero-order chi connectivity index (χ0) is 18.3. The van der Waals surface area contributed by atoms with E-state index in [0.717, 1.165) is 32.0 Å². The first-order chi connectivity index (χ1) is 11.7. The quantitative estimate of drug-likeness (QED) is 0.656. The maximum absolute atomic E-state index is 13.1. The van der Waals surface area contributed by atoms with Crippen molar-refractivity contribution in [2.24, 2.45) is 34.0 Å². The Bertz CT molecular complexity index is 619. The molecule has 0 radical (unpaired) electrons. The Labute approximate surface area is 148 Å². The number of fused-ring (bicyclic) bond motifs is 2. The van der Waals surface area contributed by atoms with Crippen molar-refractivity contribution >= 4 is 12.1 Å². The van der Waals surface area contributed by atoms with E-state index in [4.69, 9.17) is 0 Å². The van der Waals surface area contributed by atoms with Crippen molar-refractivity contribution in [3.8, 4) is 0 Å². The highest BCUT2D eigenvalue weighted by atomic mass is 16.3. The number of hydrogen-bond donors (Lipinski definition) is 3. The molecule has 3 N–H and O–H groups in total. The molecule has 4 aliphatic rings. The Hall–Kier alpha value is -0.780. The summed E-state index contributed by atoms with van der Waals surface area (Å²) >= 11 is 0. The van der Waals surface area contributed by atoms with Gasteiger partial charge in [-0.05, 0) is 68.1 Å². The first kappa shape index (κ1) is 17.6. The molecule has 0 aromatic carbocycles. The first-order valence-corrected chi connectivity index (χ1v) is 9.67. The minimum absolute atomic E-state index is 0.0222. The molecule has 0 aromatic rings. The second-order valence-electron chi connectivity index (χ2n) is 9.81. The number of aliphatic hydroxyl groups is 3. The van der Waals surface area contributed by atoms with Gasteiger partial charge in [-0.2, -0.15) is 0 Å². The van der Waals surface area contributed by atoms with Crippen molar-refractivity contribution in [2.45, 2.75) is 70.5 Å². The summed E-state index contributed by atoms with van der Waals surface area (Å²) in [6.07, 6.45) is 4.72. The third-order valence-corrected chi connectivity index (χ3v) is 9.07. The van der Waals surface area contributed by atoms with E-state index in [9.17, 15) is 24.9 Å². The van der Waals surface area contributed by atoms with Crippen LogP contribution < -0.4 is 0 Å². The highest BCUT2D eigenvalue weighted by molar-refractivity contribution is 5.88. The summed E-state index contributed by atoms with van der Waals surface area (Å²) in [5, 5.41) is 31.1. The Morgan fingerprint density at radius 3 is 2.56 bits per heavy atom. The molecule has 0 amide bonds. The number of hydrogen-bond acceptors (Lipinski definition) is 5. The average Bonchev–Trinajstić information content (AvgIpc) is 2.92. The van der Waals surface area contributed by atoms with Crippen LogP contribution >= 0.6 is 0 Å². The zero-order valence-electron chi connectivity index (χ0n) is 15.2. The van der Waals surface area contributed by atoms with Crippen LogP contribution in [0.3, 0.4) is 0 Å². The Kier molecular flexibility index (Phi) is 3.62. The monoisotopic (exact) mass is 350 g/mol. The summed E-state index contributed by atoms with van der Waals surface area (Å²) in [5.74, 6) is -0.102. The van der Waals surface area contributed by atoms with Gasteiger partial charge in [0.1, 0.15) is 12.1 Å². The summed E-state index contributed by atoms with van der Waals surface area (Å²) in [5.41, 5.74) is -2.44. The number of Topliss-reactive ketones (excluding diaryl/α,β-unsaturated/α-hetero) is 1. The van der Waals surface area contributed by atoms with E-state index in [1.807, 2.05) is 0 Å². The van der Waals surface area contributed by atoms with Gasteiger partial charge in [0.15, 0.2) is 0 Å². The van der Waals surface area contributed by atoms with Gasteiger partial charge in [-0.15, -0.1) is 0 Å². The minimum Gasteiger partial charge on any atom is -0.393 e. The van der Waals surface area contributed by atoms with Crippen LogP contribution in [0.5, 0.6) is 0 Å². The van der Waals surface area contributed by atoms with Gasteiger partial charge in [0.2, 0.25) is 0 Å². The van der Waals surface area contributed by atoms with E-state index < -0.39 is 23.0 Å². The molecular weight excluding hydrogens is 320 g/mol. The third kappa shape index (κ3) is 1.90. The van der Waals surface area contributed by atoms with Crippen molar-refractivity contribution < 1.29 is 24.9 Å². The van der Waals surface area contributed by atoms with Gasteiger partial charge >= 0.3 is 0 Å². The molecule has 4 aliphatic carbocycles. The van der Waals surface area contributed by atoms with Gasteiger partial charge in [0, 0.05) is 12.3 Å². The predicted octanol–water partition coefficient (Wildman–Crippen LogP) is 1.47. The SMILES string of the molecule is C[C@@]1(C=O)[C@H](O)CC[C@@]2(C)[C@H]1C(=O)C[C@H]1C[C@@H]3C[C@@]12CC[C@]3(O)CO. The van der Waals surface area contributed by atoms with Crippen LogP contribution in [0.4, 0.5) is 0 Å². The molecule has 4 saturated carbocycles. The highest BCUT2D eigenvalue weighted by Crippen LogP contribution is 2.74. The molecule has 1 spiro atoms. The minimum atomic E-state index is -1.03. The Morgan fingerprint density at radius 1 is 1.20 bits per heavy atom. The lowest BCUT2D eigenvalue weighted by Gasteiger charge is -2.64. The molecule has 140 valence electrons. The molecular formula is C20H30O5. The van der Waals surface area contributed by atoms with Gasteiger partial charge in [-0.3, -0.25) is 4.79 Å². The van der Waals surface area contributed by atoms with E-state index in [0.29, 0.717) is 19.3 Å². The fourth-order valence-corrected chi connectivity index (χ4v) is 7.61. The standard InChI is InChI=1S/C20H30O5/c1-17(10-21)15(24)3-4-18(2)16(17)14(23)8-12-7-13-9-19(12,18)5-6-20(13,25)11-22/h10,12-13,15-16,22,24-25H,3-9,11H2,1-2H3/t12-,13-,15-,16+,17-,18+,19+,20+/m1/s1. The lowest BCUT2D eigenvalue weighted by Crippen LogP contribution is -2.65. The summed E-state index contributed by atoms with van der Waals surface area (Å²) < 4.78 is 0. The fourth-order valence-electron chi connectivity index (χ4n) is 7.61. The number of carbonyl (C=O) groups is 2. The number of aldehydes is 1. The molecule has 0 aromatic heterocycles. The molecule has 0 aliphatic heterocycles. The van der Waals surface area contributed by atoms with Gasteiger partial charge in [0.25, 0.3) is 0 Å². The fraction of sp³-hybridized carbons (Fsp3) is 0.900. The smallest absolute Gasteiger partial charge is 0.137 e. The predicted molar refractivity (Wildman–Crippen MR) is 90.5 cm³/mol. The van der Waals surface area contributed by atoms with E-state index in [1.54, 1.807) is 6.92 Å². The number of ketones is 1. The second kappa shape index (κ2) is 5.14. The van der Waals surface area contributed by atoms with Gasteiger partial charge in [-0.25, -0.2) is 0 Å². The van der Waals surface area contributed by atoms with Gasteiger partial charge in [0.05, 0.1) is 23.7 Å². The van der Waals surface area contributed by atoms with Crippen LogP contribution in [0.15, 0.2) is 0 Å². The van der Waals surface area contributed by atoms with E-state index in [2.05, 4.69) is 6.92 Å². The third-order valence-electron chi connectivity index (χ3n) is 9.07. The molecule has 25 heavy (non-hydrogen) atoms. The molecule has 2 bridgehead atoms. The number of rotatable bonds is 2. The van der Waals surface area contributed by atoms with Crippen LogP contribution in [-0.4, -0.2) is 45.7 Å². The first-order valence-electron chi connectivity index (χ1n) is 9.67. The summed E-state index contributed by atoms with van der Waals surface area (Å²) in [6.45, 7) is 3.68. The van der Waals surface area contributed by atoms with Gasteiger partial charge in [-0.1, -0.05) is 6.92 Å². The molecule has 4 rings (SSSR count). The summed E-state index contributed by atoms with van der Waals surface area (Å²) in [4.78, 5) is 25.1. The molecule has 0 unspecified atom stereocenters. The zero-order valence-corrected chi connectivity index (χ0v) is 15.2. The van der Waals surface area contributed by atoms with Crippen LogP contribution in [0.1, 0.15) is 58.8 Å². The van der Waals surface area contributed by atoms with Crippen molar-refractivity contribution in [3.63, 3.8) is 0 Å². The molecule has 8 atom stereocenters. The van der Waals surface area contributed by atoms with Crippen LogP contribution in [0.25, 0.3) is 0 Å². The lowest BCUT2D eigenvalue weighted by atomic mass is 9.39. The van der Waals surface area contributed by atoms with Crippen LogP contribution in [0.2, 0.25) is 0 Å². The average molecular weight is 350 g/mol. The Morgan fingerprint density at radius 2 is 1.92 bits per heavy atom. The normalized spacial score (nSPS) is 57.7. The topological polar surface area (TPSA) is 94.8 Å². The van der Waals surface area contributed by atoms with Crippen molar-refractivity contribution in [3.05, 3.63) is 0 Å². The lowest BCUT2D eigenvalue weighted by molar-refractivity contribution is -0.202. The number of carbonyl (C=O) groups excluding carboxylic acids is 2. The second-order valence-corrected chi connectivity index (χ2v) is 9.81. The largest absolute Gasteiger partial charge is 0.393 e. The van der Waals surface area contributed by atoms with Crippen molar-refractivity contribution in [2.75, 3.05) is 6.61 Å². The van der Waals surface area contributed by atoms with Gasteiger partial charge < -0.3 is 20.1 Å². The highest BCUT2D eigenvalue weighted by Gasteiger charge is 2.72.